The number of nitrogens with one attached hydrogen (secondary N) is 1. The average Bonchev–Trinajstić information content (AvgIpc) is 2.97. The minimum absolute atomic E-state index is 0.0273. The molecule has 0 radical (unpaired) electrons. The predicted molar refractivity (Wildman–Crippen MR) is 81.3 cm³/mol. The zero-order valence-electron chi connectivity index (χ0n) is 12.0. The first kappa shape index (κ1) is 13.9. The van der Waals surface area contributed by atoms with Gasteiger partial charge in [0.1, 0.15) is 5.82 Å². The summed E-state index contributed by atoms with van der Waals surface area (Å²) in [6.07, 6.45) is 0. The van der Waals surface area contributed by atoms with E-state index in [1.54, 1.807) is 38.5 Å². The first-order chi connectivity index (χ1) is 10.6. The topological polar surface area (TPSA) is 90.3 Å². The number of aromatic amines is 1. The summed E-state index contributed by atoms with van der Waals surface area (Å²) >= 11 is 0. The van der Waals surface area contributed by atoms with Crippen LogP contribution in [0.4, 0.5) is 5.69 Å². The van der Waals surface area contributed by atoms with Gasteiger partial charge in [-0.25, -0.2) is 4.98 Å². The van der Waals surface area contributed by atoms with E-state index in [2.05, 4.69) is 9.97 Å². The molecule has 1 aromatic heterocycles. The first-order valence-corrected chi connectivity index (χ1v) is 6.49. The maximum absolute atomic E-state index is 11.1. The van der Waals surface area contributed by atoms with E-state index in [1.165, 1.54) is 6.07 Å². The molecule has 0 bridgehead atoms. The van der Waals surface area contributed by atoms with E-state index >= 15 is 0 Å². The number of para-hydroxylation sites is 1. The fraction of sp³-hybridized carbons (Fsp3) is 0.133. The molecule has 22 heavy (non-hydrogen) atoms. The molecule has 0 fully saturated rings. The molecule has 1 heterocycles. The smallest absolute Gasteiger partial charge is 0.297 e. The van der Waals surface area contributed by atoms with Gasteiger partial charge in [0, 0.05) is 11.6 Å². The molecule has 0 aliphatic rings. The van der Waals surface area contributed by atoms with Crippen molar-refractivity contribution in [2.45, 2.75) is 0 Å². The molecule has 0 saturated carbocycles. The number of fused-ring (bicyclic) bond motifs is 1. The second kappa shape index (κ2) is 5.36. The van der Waals surface area contributed by atoms with Crippen LogP contribution in [-0.4, -0.2) is 29.1 Å². The Balaban J connectivity index is 2.15. The van der Waals surface area contributed by atoms with Crippen molar-refractivity contribution in [2.75, 3.05) is 14.2 Å². The molecule has 7 nitrogen and oxygen atoms in total. The number of hydrogen-bond acceptors (Lipinski definition) is 5. The largest absolute Gasteiger partial charge is 0.493 e. The van der Waals surface area contributed by atoms with Gasteiger partial charge in [-0.15, -0.1) is 0 Å². The highest BCUT2D eigenvalue weighted by molar-refractivity contribution is 5.87. The summed E-state index contributed by atoms with van der Waals surface area (Å²) in [4.78, 5) is 18.0. The van der Waals surface area contributed by atoms with Gasteiger partial charge in [-0.05, 0) is 24.3 Å². The number of imidazole rings is 1. The van der Waals surface area contributed by atoms with Crippen molar-refractivity contribution in [2.24, 2.45) is 0 Å². The average molecular weight is 299 g/mol. The van der Waals surface area contributed by atoms with E-state index in [9.17, 15) is 10.1 Å². The molecule has 3 rings (SSSR count). The van der Waals surface area contributed by atoms with Gasteiger partial charge < -0.3 is 14.5 Å². The third-order valence-corrected chi connectivity index (χ3v) is 3.35. The van der Waals surface area contributed by atoms with E-state index in [4.69, 9.17) is 9.47 Å². The van der Waals surface area contributed by atoms with E-state index in [0.717, 1.165) is 5.56 Å². The van der Waals surface area contributed by atoms with Crippen LogP contribution in [0, 0.1) is 10.1 Å². The molecule has 112 valence electrons. The highest BCUT2D eigenvalue weighted by Crippen LogP contribution is 2.33. The monoisotopic (exact) mass is 299 g/mol. The Morgan fingerprint density at radius 3 is 2.59 bits per heavy atom. The third-order valence-electron chi connectivity index (χ3n) is 3.35. The highest BCUT2D eigenvalue weighted by atomic mass is 16.6. The van der Waals surface area contributed by atoms with E-state index in [1.807, 2.05) is 6.07 Å². The number of non-ortho nitro benzene ring substituents is 1. The minimum atomic E-state index is -0.443. The zero-order chi connectivity index (χ0) is 15.7. The lowest BCUT2D eigenvalue weighted by Crippen LogP contribution is -1.91. The molecule has 7 heteroatoms. The summed E-state index contributed by atoms with van der Waals surface area (Å²) in [5.74, 6) is 1.70. The van der Waals surface area contributed by atoms with Crippen LogP contribution in [0.25, 0.3) is 22.4 Å². The summed E-state index contributed by atoms with van der Waals surface area (Å²) in [5, 5.41) is 11.1. The van der Waals surface area contributed by atoms with Crippen molar-refractivity contribution < 1.29 is 14.4 Å². The number of nitro benzene ring substituents is 1. The molecule has 0 aliphatic heterocycles. The SMILES string of the molecule is COc1ccc(-c2nc3c([N+](=O)[O-])cccc3[nH]2)cc1OC. The molecule has 0 amide bonds. The first-order valence-electron chi connectivity index (χ1n) is 6.49. The summed E-state index contributed by atoms with van der Waals surface area (Å²) < 4.78 is 10.5. The van der Waals surface area contributed by atoms with Crippen molar-refractivity contribution in [1.29, 1.82) is 0 Å². The second-order valence-corrected chi connectivity index (χ2v) is 4.59. The lowest BCUT2D eigenvalue weighted by Gasteiger charge is -2.08. The molecule has 0 unspecified atom stereocenters. The molecule has 0 spiro atoms. The fourth-order valence-corrected chi connectivity index (χ4v) is 2.28. The van der Waals surface area contributed by atoms with Crippen LogP contribution in [0.1, 0.15) is 0 Å². The van der Waals surface area contributed by atoms with Gasteiger partial charge in [-0.2, -0.15) is 0 Å². The van der Waals surface area contributed by atoms with Crippen molar-refractivity contribution >= 4 is 16.7 Å². The Labute approximate surface area is 125 Å². The van der Waals surface area contributed by atoms with Crippen molar-refractivity contribution in [3.8, 4) is 22.9 Å². The number of nitrogens with zero attached hydrogens (tertiary/aromatic N) is 2. The van der Waals surface area contributed by atoms with Crippen LogP contribution < -0.4 is 9.47 Å². The Bertz CT molecular complexity index is 857. The van der Waals surface area contributed by atoms with Crippen molar-refractivity contribution in [1.82, 2.24) is 9.97 Å². The Morgan fingerprint density at radius 1 is 1.14 bits per heavy atom. The van der Waals surface area contributed by atoms with Crippen molar-refractivity contribution in [3.05, 3.63) is 46.5 Å². The van der Waals surface area contributed by atoms with Gasteiger partial charge in [-0.1, -0.05) is 6.07 Å². The molecule has 1 N–H and O–H groups in total. The van der Waals surface area contributed by atoms with Crippen LogP contribution in [0.2, 0.25) is 0 Å². The molecule has 3 aromatic rings. The summed E-state index contributed by atoms with van der Waals surface area (Å²) in [6, 6.07) is 10.1. The van der Waals surface area contributed by atoms with Gasteiger partial charge in [0.2, 0.25) is 0 Å². The minimum Gasteiger partial charge on any atom is -0.493 e. The molecule has 2 aromatic carbocycles. The normalized spacial score (nSPS) is 10.6. The Hall–Kier alpha value is -3.09. The number of aromatic nitrogens is 2. The number of ether oxygens (including phenoxy) is 2. The quantitative estimate of drug-likeness (QED) is 0.590. The van der Waals surface area contributed by atoms with Gasteiger partial charge >= 0.3 is 0 Å². The van der Waals surface area contributed by atoms with E-state index in [0.29, 0.717) is 28.4 Å². The van der Waals surface area contributed by atoms with Gasteiger partial charge in [0.05, 0.1) is 24.7 Å². The molecule has 0 saturated heterocycles. The predicted octanol–water partition coefficient (Wildman–Crippen LogP) is 3.16. The maximum Gasteiger partial charge on any atom is 0.297 e. The highest BCUT2D eigenvalue weighted by Gasteiger charge is 2.16. The molecular weight excluding hydrogens is 286 g/mol. The standard InChI is InChI=1S/C15H13N3O4/c1-21-12-7-6-9(8-13(12)22-2)15-16-10-4-3-5-11(18(19)20)14(10)17-15/h3-8H,1-2H3,(H,16,17). The third kappa shape index (κ3) is 2.22. The molecule has 0 atom stereocenters. The molecular formula is C15H13N3O4. The number of rotatable bonds is 4. The number of nitro groups is 1. The lowest BCUT2D eigenvalue weighted by molar-refractivity contribution is -0.383. The Kier molecular flexibility index (Phi) is 3.38. The maximum atomic E-state index is 11.1. The number of methoxy groups -OCH3 is 2. The lowest BCUT2D eigenvalue weighted by atomic mass is 10.2. The fourth-order valence-electron chi connectivity index (χ4n) is 2.28. The number of hydrogen-bond donors (Lipinski definition) is 1. The summed E-state index contributed by atoms with van der Waals surface area (Å²) in [6.45, 7) is 0. The number of H-pyrrole nitrogens is 1. The van der Waals surface area contributed by atoms with Crippen LogP contribution in [0.15, 0.2) is 36.4 Å². The summed E-state index contributed by atoms with van der Waals surface area (Å²) in [5.41, 5.74) is 1.67. The zero-order valence-corrected chi connectivity index (χ0v) is 12.0. The van der Waals surface area contributed by atoms with Crippen LogP contribution in [0.3, 0.4) is 0 Å². The van der Waals surface area contributed by atoms with Crippen LogP contribution in [-0.2, 0) is 0 Å². The van der Waals surface area contributed by atoms with Crippen molar-refractivity contribution in [3.63, 3.8) is 0 Å². The van der Waals surface area contributed by atoms with E-state index < -0.39 is 4.92 Å². The van der Waals surface area contributed by atoms with Crippen LogP contribution in [0.5, 0.6) is 11.5 Å². The van der Waals surface area contributed by atoms with Gasteiger partial charge in [0.15, 0.2) is 17.0 Å². The molecule has 0 aliphatic carbocycles. The Morgan fingerprint density at radius 2 is 1.91 bits per heavy atom. The van der Waals surface area contributed by atoms with E-state index in [-0.39, 0.29) is 5.69 Å². The van der Waals surface area contributed by atoms with Gasteiger partial charge in [0.25, 0.3) is 5.69 Å². The second-order valence-electron chi connectivity index (χ2n) is 4.59. The number of benzene rings is 2. The van der Waals surface area contributed by atoms with Gasteiger partial charge in [-0.3, -0.25) is 10.1 Å². The summed E-state index contributed by atoms with van der Waals surface area (Å²) in [7, 11) is 3.10. The van der Waals surface area contributed by atoms with Crippen LogP contribution >= 0.6 is 0 Å².